The van der Waals surface area contributed by atoms with Gasteiger partial charge in [-0.15, -0.1) is 0 Å². The molecule has 0 heterocycles. The van der Waals surface area contributed by atoms with Crippen molar-refractivity contribution < 1.29 is 40.9 Å². The molecule has 0 spiro atoms. The van der Waals surface area contributed by atoms with E-state index in [2.05, 4.69) is 0 Å². The molecule has 0 amide bonds. The average Bonchev–Trinajstić information content (AvgIpc) is 1.65. The first-order valence-electron chi connectivity index (χ1n) is 2.57. The number of carbonyl (C=O) groups is 1. The van der Waals surface area contributed by atoms with Gasteiger partial charge in [0.25, 0.3) is 0 Å². The summed E-state index contributed by atoms with van der Waals surface area (Å²) >= 11 is 0. The summed E-state index contributed by atoms with van der Waals surface area (Å²) in [6.45, 7) is 3.20. The third-order valence-corrected chi connectivity index (χ3v) is 0.732. The Kier molecular flexibility index (Phi) is 8.40. The molecule has 0 saturated heterocycles. The zero-order valence-corrected chi connectivity index (χ0v) is 8.14. The first-order chi connectivity index (χ1) is 3.66. The van der Waals surface area contributed by atoms with Crippen LogP contribution in [0.3, 0.4) is 0 Å². The number of rotatable bonds is 2. The van der Waals surface area contributed by atoms with Crippen LogP contribution in [0.15, 0.2) is 11.8 Å². The van der Waals surface area contributed by atoms with Crippen LogP contribution in [0.4, 0.5) is 0 Å². The van der Waals surface area contributed by atoms with Crippen LogP contribution < -0.4 is 29.6 Å². The molecule has 0 fully saturated rings. The quantitative estimate of drug-likeness (QED) is 0.288. The Labute approximate surface area is 78.7 Å². The predicted octanol–water partition coefficient (Wildman–Crippen LogP) is -1.46. The van der Waals surface area contributed by atoms with Gasteiger partial charge in [-0.25, -0.2) is 0 Å². The van der Waals surface area contributed by atoms with Crippen LogP contribution in [-0.2, 0) is 4.79 Å². The number of carbonyl (C=O) groups excluding carboxylic acids is 1. The third-order valence-electron chi connectivity index (χ3n) is 0.732. The van der Waals surface area contributed by atoms with E-state index in [9.17, 15) is 4.79 Å². The van der Waals surface area contributed by atoms with Crippen molar-refractivity contribution in [3.63, 3.8) is 0 Å². The van der Waals surface area contributed by atoms with Gasteiger partial charge in [0.1, 0.15) is 0 Å². The Morgan fingerprint density at radius 1 is 1.78 bits per heavy atom. The minimum atomic E-state index is -0.107. The number of ketones is 1. The molecule has 0 aliphatic rings. The molecule has 0 aromatic carbocycles. The molecule has 9 heavy (non-hydrogen) atoms. The van der Waals surface area contributed by atoms with Crippen LogP contribution in [0, 0.1) is 0 Å². The van der Waals surface area contributed by atoms with Crippen LogP contribution >= 0.6 is 0 Å². The largest absolute Gasteiger partial charge is 1.00 e. The van der Waals surface area contributed by atoms with Crippen molar-refractivity contribution in [2.45, 2.75) is 20.3 Å². The standard InChI is InChI=1S/C6H10O2.Na.H/c1-3-6(8)4-5(2)7;;/h4,8H,3H2,1-2H3;;/q;+1;-1. The van der Waals surface area contributed by atoms with Crippen molar-refractivity contribution in [3.8, 4) is 0 Å². The molecule has 0 aliphatic heterocycles. The maximum atomic E-state index is 10.2. The Hall–Kier alpha value is 0.210. The van der Waals surface area contributed by atoms with Crippen LogP contribution in [0.2, 0.25) is 0 Å². The molecule has 0 atom stereocenters. The van der Waals surface area contributed by atoms with Gasteiger partial charge in [0.05, 0.1) is 5.76 Å². The van der Waals surface area contributed by atoms with E-state index in [1.807, 2.05) is 0 Å². The van der Waals surface area contributed by atoms with Crippen LogP contribution in [0.1, 0.15) is 21.7 Å². The molecule has 0 rings (SSSR count). The summed E-state index contributed by atoms with van der Waals surface area (Å²) in [7, 11) is 0. The van der Waals surface area contributed by atoms with Gasteiger partial charge in [-0.1, -0.05) is 6.92 Å². The summed E-state index contributed by atoms with van der Waals surface area (Å²) in [5.74, 6) is 0.0434. The predicted molar refractivity (Wildman–Crippen MR) is 32.8 cm³/mol. The van der Waals surface area contributed by atoms with Gasteiger partial charge in [0, 0.05) is 12.5 Å². The van der Waals surface area contributed by atoms with Crippen LogP contribution in [0.25, 0.3) is 0 Å². The molecule has 0 unspecified atom stereocenters. The second-order valence-corrected chi connectivity index (χ2v) is 1.60. The van der Waals surface area contributed by atoms with Crippen molar-refractivity contribution in [1.82, 2.24) is 0 Å². The number of aliphatic hydroxyl groups excluding tert-OH is 1. The van der Waals surface area contributed by atoms with E-state index in [0.29, 0.717) is 6.42 Å². The SMILES string of the molecule is CCC(O)=CC(C)=O.[H-].[Na+]. The third kappa shape index (κ3) is 8.21. The minimum Gasteiger partial charge on any atom is -1.00 e. The average molecular weight is 138 g/mol. The number of allylic oxidation sites excluding steroid dienone is 2. The first-order valence-corrected chi connectivity index (χ1v) is 2.57. The smallest absolute Gasteiger partial charge is 1.00 e. The van der Waals surface area contributed by atoms with E-state index in [-0.39, 0.29) is 42.5 Å². The van der Waals surface area contributed by atoms with Gasteiger partial charge < -0.3 is 6.53 Å². The van der Waals surface area contributed by atoms with E-state index in [1.165, 1.54) is 13.0 Å². The molecule has 0 aromatic rings. The zero-order chi connectivity index (χ0) is 6.57. The van der Waals surface area contributed by atoms with E-state index in [0.717, 1.165) is 0 Å². The fraction of sp³-hybridized carbons (Fsp3) is 0.500. The maximum Gasteiger partial charge on any atom is 1.00 e. The molecule has 0 radical (unpaired) electrons. The Morgan fingerprint density at radius 2 is 2.22 bits per heavy atom. The number of hydrogen-bond donors (Lipinski definition) is 1. The fourth-order valence-electron chi connectivity index (χ4n) is 0.337. The van der Waals surface area contributed by atoms with Gasteiger partial charge >= 0.3 is 29.6 Å². The molecule has 0 aliphatic carbocycles. The Bertz CT molecular complexity index is 123. The van der Waals surface area contributed by atoms with Crippen molar-refractivity contribution in [2.75, 3.05) is 0 Å². The van der Waals surface area contributed by atoms with E-state index in [1.54, 1.807) is 6.92 Å². The van der Waals surface area contributed by atoms with Gasteiger partial charge in [-0.2, -0.15) is 0 Å². The summed E-state index contributed by atoms with van der Waals surface area (Å²) in [4.78, 5) is 10.2. The first kappa shape index (κ1) is 11.9. The van der Waals surface area contributed by atoms with Gasteiger partial charge in [-0.05, 0) is 6.92 Å². The summed E-state index contributed by atoms with van der Waals surface area (Å²) < 4.78 is 0. The minimum absolute atomic E-state index is 0. The van der Waals surface area contributed by atoms with Crippen molar-refractivity contribution in [2.24, 2.45) is 0 Å². The molecule has 1 N–H and O–H groups in total. The van der Waals surface area contributed by atoms with Gasteiger partial charge in [-0.3, -0.25) is 4.79 Å². The topological polar surface area (TPSA) is 37.3 Å². The number of aliphatic hydroxyl groups is 1. The molecular formula is C6H11NaO2. The molecule has 0 saturated carbocycles. The van der Waals surface area contributed by atoms with Crippen molar-refractivity contribution in [3.05, 3.63) is 11.8 Å². The monoisotopic (exact) mass is 138 g/mol. The molecular weight excluding hydrogens is 127 g/mol. The van der Waals surface area contributed by atoms with Crippen LogP contribution in [0.5, 0.6) is 0 Å². The summed E-state index contributed by atoms with van der Waals surface area (Å²) in [6.07, 6.45) is 1.75. The summed E-state index contributed by atoms with van der Waals surface area (Å²) in [6, 6.07) is 0. The molecule has 48 valence electrons. The van der Waals surface area contributed by atoms with E-state index in [4.69, 9.17) is 5.11 Å². The van der Waals surface area contributed by atoms with Gasteiger partial charge in [0.15, 0.2) is 5.78 Å². The molecule has 2 nitrogen and oxygen atoms in total. The Balaban J connectivity index is -0.000000245. The molecule has 0 bridgehead atoms. The summed E-state index contributed by atoms with van der Waals surface area (Å²) in [5.41, 5.74) is 0. The second-order valence-electron chi connectivity index (χ2n) is 1.60. The maximum absolute atomic E-state index is 10.2. The van der Waals surface area contributed by atoms with Crippen molar-refractivity contribution >= 4 is 5.78 Å². The van der Waals surface area contributed by atoms with E-state index >= 15 is 0 Å². The van der Waals surface area contributed by atoms with Gasteiger partial charge in [0.2, 0.25) is 0 Å². The fourth-order valence-corrected chi connectivity index (χ4v) is 0.337. The second kappa shape index (κ2) is 6.33. The van der Waals surface area contributed by atoms with Crippen molar-refractivity contribution in [1.29, 1.82) is 0 Å². The van der Waals surface area contributed by atoms with E-state index < -0.39 is 0 Å². The number of hydrogen-bond acceptors (Lipinski definition) is 2. The zero-order valence-electron chi connectivity index (χ0n) is 7.14. The molecule has 0 aromatic heterocycles. The summed E-state index contributed by atoms with van der Waals surface area (Å²) in [5, 5.41) is 8.67. The Morgan fingerprint density at radius 3 is 2.33 bits per heavy atom. The normalized spacial score (nSPS) is 10.2. The molecule has 3 heteroatoms. The van der Waals surface area contributed by atoms with Crippen LogP contribution in [-0.4, -0.2) is 10.9 Å².